The van der Waals surface area contributed by atoms with Crippen LogP contribution in [0.5, 0.6) is 5.75 Å². The Kier molecular flexibility index (Phi) is 4.30. The van der Waals surface area contributed by atoms with E-state index in [0.29, 0.717) is 11.3 Å². The number of benzene rings is 1. The van der Waals surface area contributed by atoms with Gasteiger partial charge >= 0.3 is 0 Å². The highest BCUT2D eigenvalue weighted by Crippen LogP contribution is 2.22. The second-order valence-corrected chi connectivity index (χ2v) is 6.19. The minimum Gasteiger partial charge on any atom is -0.492 e. The third kappa shape index (κ3) is 4.58. The van der Waals surface area contributed by atoms with Gasteiger partial charge in [0.2, 0.25) is 9.05 Å². The highest BCUT2D eigenvalue weighted by Gasteiger charge is 2.11. The first-order chi connectivity index (χ1) is 7.79. The molecule has 0 fully saturated rings. The molecule has 0 aliphatic carbocycles. The van der Waals surface area contributed by atoms with Crippen LogP contribution >= 0.6 is 10.7 Å². The monoisotopic (exact) mass is 279 g/mol. The molecule has 1 rings (SSSR count). The van der Waals surface area contributed by atoms with Gasteiger partial charge in [-0.15, -0.1) is 0 Å². The number of hydrogen-bond donors (Lipinski definition) is 0. The fraction of sp³-hybridized carbons (Fsp3) is 0.333. The maximum Gasteiger partial charge on any atom is 0.272 e. The second kappa shape index (κ2) is 5.33. The zero-order valence-corrected chi connectivity index (χ0v) is 10.5. The number of hydrogen-bond acceptors (Lipinski definition) is 5. The van der Waals surface area contributed by atoms with Crippen molar-refractivity contribution in [3.05, 3.63) is 33.9 Å². The summed E-state index contributed by atoms with van der Waals surface area (Å²) in [6.07, 6.45) is 0. The topological polar surface area (TPSA) is 86.5 Å². The van der Waals surface area contributed by atoms with Crippen molar-refractivity contribution in [3.63, 3.8) is 0 Å². The Bertz CT molecular complexity index is 528. The van der Waals surface area contributed by atoms with Crippen LogP contribution in [0.15, 0.2) is 18.2 Å². The molecule has 0 N–H and O–H groups in total. The average molecular weight is 280 g/mol. The number of nitro benzene ring substituents is 1. The van der Waals surface area contributed by atoms with E-state index in [1.807, 2.05) is 0 Å². The van der Waals surface area contributed by atoms with Gasteiger partial charge in [-0.05, 0) is 19.1 Å². The molecule has 0 spiro atoms. The highest BCUT2D eigenvalue weighted by atomic mass is 35.7. The molecule has 17 heavy (non-hydrogen) atoms. The van der Waals surface area contributed by atoms with E-state index < -0.39 is 14.0 Å². The number of nitro groups is 1. The molecule has 0 atom stereocenters. The van der Waals surface area contributed by atoms with Gasteiger partial charge in [-0.1, -0.05) is 0 Å². The van der Waals surface area contributed by atoms with Crippen molar-refractivity contribution in [1.29, 1.82) is 0 Å². The van der Waals surface area contributed by atoms with Crippen LogP contribution in [0.3, 0.4) is 0 Å². The van der Waals surface area contributed by atoms with Gasteiger partial charge in [0.15, 0.2) is 0 Å². The molecule has 0 amide bonds. The Morgan fingerprint density at radius 1 is 1.47 bits per heavy atom. The van der Waals surface area contributed by atoms with Crippen molar-refractivity contribution < 1.29 is 18.1 Å². The van der Waals surface area contributed by atoms with Crippen LogP contribution in [-0.2, 0) is 9.05 Å². The summed E-state index contributed by atoms with van der Waals surface area (Å²) in [5.41, 5.74) is 0.434. The van der Waals surface area contributed by atoms with Crippen LogP contribution in [0, 0.1) is 17.0 Å². The van der Waals surface area contributed by atoms with Gasteiger partial charge < -0.3 is 4.74 Å². The Labute approximate surface area is 103 Å². The molecule has 0 bridgehead atoms. The smallest absolute Gasteiger partial charge is 0.272 e. The van der Waals surface area contributed by atoms with Crippen molar-refractivity contribution in [2.45, 2.75) is 6.92 Å². The quantitative estimate of drug-likeness (QED) is 0.466. The van der Waals surface area contributed by atoms with Crippen LogP contribution in [0.2, 0.25) is 0 Å². The lowest BCUT2D eigenvalue weighted by Crippen LogP contribution is -2.08. The SMILES string of the molecule is Cc1cc(OCCS(=O)(=O)Cl)ccc1[N+](=O)[O-]. The fourth-order valence-corrected chi connectivity index (χ4v) is 1.65. The van der Waals surface area contributed by atoms with E-state index in [0.717, 1.165) is 0 Å². The van der Waals surface area contributed by atoms with Gasteiger partial charge in [0.25, 0.3) is 5.69 Å². The van der Waals surface area contributed by atoms with Crippen molar-refractivity contribution in [2.75, 3.05) is 12.4 Å². The van der Waals surface area contributed by atoms with Crippen LogP contribution in [0.1, 0.15) is 5.56 Å². The van der Waals surface area contributed by atoms with Crippen LogP contribution in [0.4, 0.5) is 5.69 Å². The third-order valence-corrected chi connectivity index (χ3v) is 3.08. The van der Waals surface area contributed by atoms with Gasteiger partial charge in [0.1, 0.15) is 12.4 Å². The lowest BCUT2D eigenvalue weighted by atomic mass is 10.2. The van der Waals surface area contributed by atoms with Crippen molar-refractivity contribution >= 4 is 25.4 Å². The molecule has 0 saturated heterocycles. The van der Waals surface area contributed by atoms with Crippen molar-refractivity contribution in [3.8, 4) is 5.75 Å². The number of ether oxygens (including phenoxy) is 1. The molecule has 0 saturated carbocycles. The molecule has 0 aliphatic heterocycles. The summed E-state index contributed by atoms with van der Waals surface area (Å²) in [5.74, 6) is 0.0540. The van der Waals surface area contributed by atoms with E-state index in [1.54, 1.807) is 6.92 Å². The largest absolute Gasteiger partial charge is 0.492 e. The number of halogens is 1. The molecular weight excluding hydrogens is 270 g/mol. The first-order valence-corrected chi connectivity index (χ1v) is 7.07. The summed E-state index contributed by atoms with van der Waals surface area (Å²) in [6, 6.07) is 4.19. The van der Waals surface area contributed by atoms with Crippen LogP contribution in [0.25, 0.3) is 0 Å². The summed E-state index contributed by atoms with van der Waals surface area (Å²) < 4.78 is 26.4. The van der Waals surface area contributed by atoms with E-state index in [-0.39, 0.29) is 18.0 Å². The Morgan fingerprint density at radius 3 is 2.59 bits per heavy atom. The predicted molar refractivity (Wildman–Crippen MR) is 63.0 cm³/mol. The maximum absolute atomic E-state index is 10.6. The Morgan fingerprint density at radius 2 is 2.12 bits per heavy atom. The summed E-state index contributed by atoms with van der Waals surface area (Å²) in [7, 11) is 1.41. The molecule has 1 aromatic carbocycles. The van der Waals surface area contributed by atoms with Crippen LogP contribution < -0.4 is 4.74 Å². The van der Waals surface area contributed by atoms with Gasteiger partial charge in [-0.25, -0.2) is 8.42 Å². The summed E-state index contributed by atoms with van der Waals surface area (Å²) >= 11 is 0. The molecule has 1 aromatic rings. The zero-order chi connectivity index (χ0) is 13.1. The third-order valence-electron chi connectivity index (χ3n) is 1.96. The molecule has 94 valence electrons. The molecule has 0 heterocycles. The van der Waals surface area contributed by atoms with Crippen LogP contribution in [-0.4, -0.2) is 25.7 Å². The molecular formula is C9H10ClNO5S. The minimum absolute atomic E-state index is 0.0117. The molecule has 0 unspecified atom stereocenters. The summed E-state index contributed by atoms with van der Waals surface area (Å²) in [5, 5.41) is 10.5. The van der Waals surface area contributed by atoms with E-state index in [2.05, 4.69) is 0 Å². The second-order valence-electron chi connectivity index (χ2n) is 3.30. The van der Waals surface area contributed by atoms with Gasteiger partial charge in [-0.2, -0.15) is 0 Å². The number of aryl methyl sites for hydroxylation is 1. The maximum atomic E-state index is 10.6. The van der Waals surface area contributed by atoms with Gasteiger partial charge in [-0.3, -0.25) is 10.1 Å². The Balaban J connectivity index is 2.68. The fourth-order valence-electron chi connectivity index (χ4n) is 1.18. The van der Waals surface area contributed by atoms with E-state index in [1.165, 1.54) is 18.2 Å². The molecule has 8 heteroatoms. The van der Waals surface area contributed by atoms with Crippen molar-refractivity contribution in [1.82, 2.24) is 0 Å². The zero-order valence-electron chi connectivity index (χ0n) is 8.92. The van der Waals surface area contributed by atoms with Gasteiger partial charge in [0.05, 0.1) is 10.7 Å². The van der Waals surface area contributed by atoms with E-state index in [9.17, 15) is 18.5 Å². The first-order valence-electron chi connectivity index (χ1n) is 4.60. The predicted octanol–water partition coefficient (Wildman–Crippen LogP) is 1.85. The lowest BCUT2D eigenvalue weighted by Gasteiger charge is -2.05. The standard InChI is InChI=1S/C9H10ClNO5S/c1-7-6-8(2-3-9(7)11(12)13)16-4-5-17(10,14)15/h2-3,6H,4-5H2,1H3. The Hall–Kier alpha value is -1.34. The normalized spacial score (nSPS) is 11.2. The van der Waals surface area contributed by atoms with E-state index in [4.69, 9.17) is 15.4 Å². The van der Waals surface area contributed by atoms with Crippen molar-refractivity contribution in [2.24, 2.45) is 0 Å². The lowest BCUT2D eigenvalue weighted by molar-refractivity contribution is -0.385. The highest BCUT2D eigenvalue weighted by molar-refractivity contribution is 8.13. The first kappa shape index (κ1) is 13.7. The van der Waals surface area contributed by atoms with Gasteiger partial charge in [0, 0.05) is 22.3 Å². The summed E-state index contributed by atoms with van der Waals surface area (Å²) in [6.45, 7) is 1.48. The molecule has 0 aromatic heterocycles. The van der Waals surface area contributed by atoms with E-state index >= 15 is 0 Å². The molecule has 0 radical (unpaired) electrons. The average Bonchev–Trinajstić information content (AvgIpc) is 2.15. The summed E-state index contributed by atoms with van der Waals surface area (Å²) in [4.78, 5) is 10.0. The minimum atomic E-state index is -3.59. The molecule has 6 nitrogen and oxygen atoms in total. The number of nitrogens with zero attached hydrogens (tertiary/aromatic N) is 1. The number of rotatable bonds is 5. The molecule has 0 aliphatic rings.